The molecule has 0 radical (unpaired) electrons. The number of carbonyl (C=O) groups excluding carboxylic acids is 1. The van der Waals surface area contributed by atoms with Gasteiger partial charge >= 0.3 is 0 Å². The third kappa shape index (κ3) is 3.25. The molecule has 124 valence electrons. The lowest BCUT2D eigenvalue weighted by Crippen LogP contribution is -2.13. The number of nitrogens with zero attached hydrogens (tertiary/aromatic N) is 2. The molecule has 0 bridgehead atoms. The average molecular weight is 323 g/mol. The standard InChI is InChI=1S/C19H21N3O2/c1-4-17-21-18(16-7-5-6-12-22(16)17)19(23)20-14-8-10-15(11-9-14)24-13(2)3/h5-13H,4H2,1-3H3,(H,20,23). The van der Waals surface area contributed by atoms with Crippen LogP contribution < -0.4 is 10.1 Å². The summed E-state index contributed by atoms with van der Waals surface area (Å²) in [6.45, 7) is 5.98. The van der Waals surface area contributed by atoms with E-state index < -0.39 is 0 Å². The van der Waals surface area contributed by atoms with Crippen molar-refractivity contribution in [1.29, 1.82) is 0 Å². The number of anilines is 1. The monoisotopic (exact) mass is 323 g/mol. The molecular weight excluding hydrogens is 302 g/mol. The van der Waals surface area contributed by atoms with Gasteiger partial charge in [0, 0.05) is 18.3 Å². The van der Waals surface area contributed by atoms with Gasteiger partial charge in [-0.2, -0.15) is 0 Å². The highest BCUT2D eigenvalue weighted by molar-refractivity contribution is 6.07. The van der Waals surface area contributed by atoms with Gasteiger partial charge in [-0.25, -0.2) is 4.98 Å². The van der Waals surface area contributed by atoms with Gasteiger partial charge in [-0.15, -0.1) is 0 Å². The summed E-state index contributed by atoms with van der Waals surface area (Å²) in [5.41, 5.74) is 1.97. The molecule has 0 saturated heterocycles. The number of fused-ring (bicyclic) bond motifs is 1. The third-order valence-corrected chi connectivity index (χ3v) is 3.64. The predicted molar refractivity (Wildman–Crippen MR) is 94.7 cm³/mol. The van der Waals surface area contributed by atoms with E-state index in [4.69, 9.17) is 4.74 Å². The zero-order valence-electron chi connectivity index (χ0n) is 14.1. The van der Waals surface area contributed by atoms with E-state index in [1.165, 1.54) is 0 Å². The lowest BCUT2D eigenvalue weighted by molar-refractivity contribution is 0.102. The fourth-order valence-corrected chi connectivity index (χ4v) is 2.60. The molecule has 3 rings (SSSR count). The van der Waals surface area contributed by atoms with Crippen LogP contribution in [0.15, 0.2) is 48.7 Å². The minimum atomic E-state index is -0.212. The number of ether oxygens (including phenoxy) is 1. The molecule has 0 unspecified atom stereocenters. The van der Waals surface area contributed by atoms with E-state index in [9.17, 15) is 4.79 Å². The van der Waals surface area contributed by atoms with Crippen LogP contribution >= 0.6 is 0 Å². The minimum absolute atomic E-state index is 0.120. The number of rotatable bonds is 5. The van der Waals surface area contributed by atoms with E-state index in [2.05, 4.69) is 10.3 Å². The molecule has 0 aliphatic heterocycles. The maximum atomic E-state index is 12.6. The van der Waals surface area contributed by atoms with E-state index in [1.54, 1.807) is 0 Å². The van der Waals surface area contributed by atoms with Crippen LogP contribution in [0, 0.1) is 0 Å². The van der Waals surface area contributed by atoms with Crippen molar-refractivity contribution in [2.75, 3.05) is 5.32 Å². The van der Waals surface area contributed by atoms with Crippen LogP contribution in [0.2, 0.25) is 0 Å². The molecule has 24 heavy (non-hydrogen) atoms. The number of aromatic nitrogens is 2. The van der Waals surface area contributed by atoms with Crippen molar-refractivity contribution < 1.29 is 9.53 Å². The molecule has 0 fully saturated rings. The number of amides is 1. The van der Waals surface area contributed by atoms with Crippen molar-refractivity contribution in [3.8, 4) is 5.75 Å². The van der Waals surface area contributed by atoms with Gasteiger partial charge in [0.1, 0.15) is 11.6 Å². The first-order valence-electron chi connectivity index (χ1n) is 8.12. The van der Waals surface area contributed by atoms with Crippen molar-refractivity contribution in [2.24, 2.45) is 0 Å². The number of imidazole rings is 1. The quantitative estimate of drug-likeness (QED) is 0.774. The van der Waals surface area contributed by atoms with E-state index in [0.29, 0.717) is 11.4 Å². The van der Waals surface area contributed by atoms with E-state index in [1.807, 2.05) is 73.8 Å². The molecule has 0 atom stereocenters. The molecule has 5 nitrogen and oxygen atoms in total. The van der Waals surface area contributed by atoms with Gasteiger partial charge < -0.3 is 14.5 Å². The number of nitrogens with one attached hydrogen (secondary N) is 1. The minimum Gasteiger partial charge on any atom is -0.491 e. The van der Waals surface area contributed by atoms with Crippen molar-refractivity contribution in [3.63, 3.8) is 0 Å². The second kappa shape index (κ2) is 6.74. The summed E-state index contributed by atoms with van der Waals surface area (Å²) in [4.78, 5) is 17.1. The Kier molecular flexibility index (Phi) is 4.51. The summed E-state index contributed by atoms with van der Waals surface area (Å²) in [5.74, 6) is 1.44. The number of aryl methyl sites for hydroxylation is 1. The fourth-order valence-electron chi connectivity index (χ4n) is 2.60. The highest BCUT2D eigenvalue weighted by atomic mass is 16.5. The number of hydrogen-bond acceptors (Lipinski definition) is 3. The van der Waals surface area contributed by atoms with Gasteiger partial charge in [-0.3, -0.25) is 4.79 Å². The first kappa shape index (κ1) is 16.1. The normalized spacial score (nSPS) is 11.0. The van der Waals surface area contributed by atoms with Crippen molar-refractivity contribution in [2.45, 2.75) is 33.3 Å². The smallest absolute Gasteiger partial charge is 0.276 e. The van der Waals surface area contributed by atoms with Crippen LogP contribution in [0.1, 0.15) is 37.1 Å². The van der Waals surface area contributed by atoms with Gasteiger partial charge in [0.25, 0.3) is 5.91 Å². The van der Waals surface area contributed by atoms with Crippen LogP contribution in [0.3, 0.4) is 0 Å². The van der Waals surface area contributed by atoms with Gasteiger partial charge in [-0.05, 0) is 50.2 Å². The number of benzene rings is 1. The highest BCUT2D eigenvalue weighted by Crippen LogP contribution is 2.19. The van der Waals surface area contributed by atoms with Gasteiger partial charge in [0.2, 0.25) is 0 Å². The lowest BCUT2D eigenvalue weighted by atomic mass is 10.2. The summed E-state index contributed by atoms with van der Waals surface area (Å²) in [7, 11) is 0. The first-order valence-corrected chi connectivity index (χ1v) is 8.12. The maximum absolute atomic E-state index is 12.6. The largest absolute Gasteiger partial charge is 0.491 e. The zero-order valence-corrected chi connectivity index (χ0v) is 14.1. The molecule has 5 heteroatoms. The molecule has 0 aliphatic rings. The molecule has 2 aromatic heterocycles. The molecule has 0 aliphatic carbocycles. The second-order valence-corrected chi connectivity index (χ2v) is 5.83. The molecule has 2 heterocycles. The van der Waals surface area contributed by atoms with E-state index >= 15 is 0 Å². The topological polar surface area (TPSA) is 55.6 Å². The van der Waals surface area contributed by atoms with Crippen LogP contribution in [-0.4, -0.2) is 21.4 Å². The Labute approximate surface area is 141 Å². The zero-order chi connectivity index (χ0) is 17.1. The molecule has 3 aromatic rings. The molecule has 0 saturated carbocycles. The van der Waals surface area contributed by atoms with Gasteiger partial charge in [0.15, 0.2) is 5.69 Å². The number of hydrogen-bond donors (Lipinski definition) is 1. The highest BCUT2D eigenvalue weighted by Gasteiger charge is 2.16. The summed E-state index contributed by atoms with van der Waals surface area (Å²) in [6.07, 6.45) is 2.81. The van der Waals surface area contributed by atoms with Crippen molar-refractivity contribution in [1.82, 2.24) is 9.38 Å². The van der Waals surface area contributed by atoms with Crippen LogP contribution in [-0.2, 0) is 6.42 Å². The molecule has 1 amide bonds. The SMILES string of the molecule is CCc1nc(C(=O)Nc2ccc(OC(C)C)cc2)c2ccccn12. The Morgan fingerprint density at radius 1 is 1.21 bits per heavy atom. The first-order chi connectivity index (χ1) is 11.6. The van der Waals surface area contributed by atoms with Gasteiger partial charge in [0.05, 0.1) is 11.6 Å². The molecule has 1 N–H and O–H groups in total. The summed E-state index contributed by atoms with van der Waals surface area (Å²) in [5, 5.41) is 2.90. The summed E-state index contributed by atoms with van der Waals surface area (Å²) >= 11 is 0. The Morgan fingerprint density at radius 2 is 1.96 bits per heavy atom. The fraction of sp³-hybridized carbons (Fsp3) is 0.263. The van der Waals surface area contributed by atoms with Crippen molar-refractivity contribution in [3.05, 3.63) is 60.2 Å². The van der Waals surface area contributed by atoms with Crippen molar-refractivity contribution >= 4 is 17.1 Å². The van der Waals surface area contributed by atoms with Crippen LogP contribution in [0.5, 0.6) is 5.75 Å². The average Bonchev–Trinajstić information content (AvgIpc) is 2.95. The molecule has 1 aromatic carbocycles. The molecular formula is C19H21N3O2. The van der Waals surface area contributed by atoms with E-state index in [-0.39, 0.29) is 12.0 Å². The number of carbonyl (C=O) groups is 1. The Morgan fingerprint density at radius 3 is 2.62 bits per heavy atom. The van der Waals surface area contributed by atoms with Crippen LogP contribution in [0.4, 0.5) is 5.69 Å². The third-order valence-electron chi connectivity index (χ3n) is 3.64. The summed E-state index contributed by atoms with van der Waals surface area (Å²) in [6, 6.07) is 13.1. The molecule has 0 spiro atoms. The van der Waals surface area contributed by atoms with Gasteiger partial charge in [-0.1, -0.05) is 13.0 Å². The Hall–Kier alpha value is -2.82. The Balaban J connectivity index is 1.82. The summed E-state index contributed by atoms with van der Waals surface area (Å²) < 4.78 is 7.56. The Bertz CT molecular complexity index is 851. The predicted octanol–water partition coefficient (Wildman–Crippen LogP) is 3.94. The lowest BCUT2D eigenvalue weighted by Gasteiger charge is -2.10. The van der Waals surface area contributed by atoms with E-state index in [0.717, 1.165) is 23.5 Å². The maximum Gasteiger partial charge on any atom is 0.276 e. The second-order valence-electron chi connectivity index (χ2n) is 5.83. The number of pyridine rings is 1. The van der Waals surface area contributed by atoms with Crippen LogP contribution in [0.25, 0.3) is 5.52 Å².